The molecule has 1 aliphatic rings. The third-order valence-electron chi connectivity index (χ3n) is 4.37. The van der Waals surface area contributed by atoms with Crippen molar-refractivity contribution >= 4 is 20.8 Å². The Morgan fingerprint density at radius 3 is 2.52 bits per heavy atom. The van der Waals surface area contributed by atoms with E-state index in [1.165, 1.54) is 0 Å². The van der Waals surface area contributed by atoms with Crippen LogP contribution in [0.2, 0.25) is 0 Å². The molecule has 0 amide bonds. The van der Waals surface area contributed by atoms with Crippen molar-refractivity contribution < 1.29 is 8.42 Å². The van der Waals surface area contributed by atoms with E-state index in [1.54, 1.807) is 22.6 Å². The summed E-state index contributed by atoms with van der Waals surface area (Å²) in [6.07, 6.45) is 3.54. The van der Waals surface area contributed by atoms with E-state index in [0.29, 0.717) is 18.0 Å². The predicted molar refractivity (Wildman–Crippen MR) is 89.7 cm³/mol. The fraction of sp³-hybridized carbons (Fsp3) is 0.167. The van der Waals surface area contributed by atoms with Gasteiger partial charge >= 0.3 is 0 Å². The van der Waals surface area contributed by atoms with E-state index in [1.807, 2.05) is 48.7 Å². The van der Waals surface area contributed by atoms with E-state index < -0.39 is 10.0 Å². The number of benzene rings is 2. The van der Waals surface area contributed by atoms with Crippen LogP contribution in [0, 0.1) is 0 Å². The number of hydrogen-bond donors (Lipinski definition) is 0. The van der Waals surface area contributed by atoms with Crippen molar-refractivity contribution in [2.45, 2.75) is 10.8 Å². The van der Waals surface area contributed by atoms with Crippen LogP contribution >= 0.6 is 0 Å². The maximum Gasteiger partial charge on any atom is 0.243 e. The minimum Gasteiger partial charge on any atom is -0.264 e. The van der Waals surface area contributed by atoms with Gasteiger partial charge in [-0.15, -0.1) is 0 Å². The molecule has 0 unspecified atom stereocenters. The highest BCUT2D eigenvalue weighted by atomic mass is 32.2. The van der Waals surface area contributed by atoms with Crippen LogP contribution in [0.25, 0.3) is 10.8 Å². The first kappa shape index (κ1) is 14.4. The molecule has 1 aromatic heterocycles. The molecule has 4 rings (SSSR count). The van der Waals surface area contributed by atoms with Crippen molar-refractivity contribution in [1.82, 2.24) is 9.29 Å². The van der Waals surface area contributed by atoms with E-state index in [4.69, 9.17) is 0 Å². The molecule has 116 valence electrons. The van der Waals surface area contributed by atoms with E-state index in [2.05, 4.69) is 4.98 Å². The largest absolute Gasteiger partial charge is 0.264 e. The molecule has 0 saturated carbocycles. The number of nitrogens with zero attached hydrogens (tertiary/aromatic N) is 2. The second kappa shape index (κ2) is 5.44. The quantitative estimate of drug-likeness (QED) is 0.744. The van der Waals surface area contributed by atoms with E-state index in [0.717, 1.165) is 16.3 Å². The smallest absolute Gasteiger partial charge is 0.243 e. The monoisotopic (exact) mass is 324 g/mol. The third kappa shape index (κ3) is 2.42. The molecule has 0 bridgehead atoms. The minimum absolute atomic E-state index is 0.230. The number of fused-ring (bicyclic) bond motifs is 1. The molecule has 23 heavy (non-hydrogen) atoms. The van der Waals surface area contributed by atoms with Gasteiger partial charge in [0.1, 0.15) is 0 Å². The van der Waals surface area contributed by atoms with Gasteiger partial charge in [-0.1, -0.05) is 42.5 Å². The van der Waals surface area contributed by atoms with Crippen molar-refractivity contribution in [2.24, 2.45) is 0 Å². The van der Waals surface area contributed by atoms with Crippen LogP contribution in [0.4, 0.5) is 0 Å². The SMILES string of the molecule is O=S(=O)(c1cccc2ccccc12)N1CC(c2cccnc2)C1. The van der Waals surface area contributed by atoms with Crippen LogP contribution in [-0.2, 0) is 10.0 Å². The highest BCUT2D eigenvalue weighted by molar-refractivity contribution is 7.89. The lowest BCUT2D eigenvalue weighted by molar-refractivity contribution is 0.264. The molecule has 0 aliphatic carbocycles. The molecular formula is C18H16N2O2S. The zero-order valence-corrected chi connectivity index (χ0v) is 13.3. The summed E-state index contributed by atoms with van der Waals surface area (Å²) in [5.74, 6) is 0.230. The third-order valence-corrected chi connectivity index (χ3v) is 6.26. The summed E-state index contributed by atoms with van der Waals surface area (Å²) >= 11 is 0. The fourth-order valence-electron chi connectivity index (χ4n) is 3.02. The number of pyridine rings is 1. The molecule has 1 saturated heterocycles. The van der Waals surface area contributed by atoms with Gasteiger partial charge in [0.05, 0.1) is 4.90 Å². The highest BCUT2D eigenvalue weighted by Crippen LogP contribution is 2.33. The van der Waals surface area contributed by atoms with Crippen LogP contribution in [0.15, 0.2) is 71.9 Å². The van der Waals surface area contributed by atoms with E-state index in [-0.39, 0.29) is 5.92 Å². The van der Waals surface area contributed by atoms with Crippen molar-refractivity contribution in [2.75, 3.05) is 13.1 Å². The molecule has 0 radical (unpaired) electrons. The number of rotatable bonds is 3. The lowest BCUT2D eigenvalue weighted by Gasteiger charge is -2.38. The number of aromatic nitrogens is 1. The normalized spacial score (nSPS) is 16.3. The van der Waals surface area contributed by atoms with E-state index in [9.17, 15) is 8.42 Å². The summed E-state index contributed by atoms with van der Waals surface area (Å²) in [6, 6.07) is 16.9. The zero-order chi connectivity index (χ0) is 15.9. The maximum atomic E-state index is 12.9. The molecule has 1 fully saturated rings. The summed E-state index contributed by atoms with van der Waals surface area (Å²) < 4.78 is 27.4. The molecule has 2 aromatic carbocycles. The number of sulfonamides is 1. The minimum atomic E-state index is -3.46. The van der Waals surface area contributed by atoms with E-state index >= 15 is 0 Å². The lowest BCUT2D eigenvalue weighted by Crippen LogP contribution is -2.48. The average molecular weight is 324 g/mol. The average Bonchev–Trinajstić information content (AvgIpc) is 2.53. The Bertz CT molecular complexity index is 944. The van der Waals surface area contributed by atoms with Crippen molar-refractivity contribution in [1.29, 1.82) is 0 Å². The zero-order valence-electron chi connectivity index (χ0n) is 12.5. The molecule has 5 heteroatoms. The molecular weight excluding hydrogens is 308 g/mol. The maximum absolute atomic E-state index is 12.9. The van der Waals surface area contributed by atoms with Crippen LogP contribution in [0.5, 0.6) is 0 Å². The second-order valence-corrected chi connectivity index (χ2v) is 7.69. The van der Waals surface area contributed by atoms with Crippen molar-refractivity contribution in [3.8, 4) is 0 Å². The Balaban J connectivity index is 1.64. The molecule has 3 aromatic rings. The molecule has 4 nitrogen and oxygen atoms in total. The standard InChI is InChI=1S/C18H16N2O2S/c21-23(22,18-9-3-6-14-5-1-2-8-17(14)18)20-12-16(13-20)15-7-4-10-19-11-15/h1-11,16H,12-13H2. The molecule has 1 aliphatic heterocycles. The van der Waals surface area contributed by atoms with Crippen molar-refractivity contribution in [3.63, 3.8) is 0 Å². The Morgan fingerprint density at radius 2 is 1.74 bits per heavy atom. The molecule has 0 spiro atoms. The highest BCUT2D eigenvalue weighted by Gasteiger charge is 2.38. The summed E-state index contributed by atoms with van der Waals surface area (Å²) in [5, 5.41) is 1.72. The summed E-state index contributed by atoms with van der Waals surface area (Å²) in [6.45, 7) is 1.02. The Morgan fingerprint density at radius 1 is 0.957 bits per heavy atom. The van der Waals surface area contributed by atoms with Crippen LogP contribution < -0.4 is 0 Å². The molecule has 2 heterocycles. The number of hydrogen-bond acceptors (Lipinski definition) is 3. The van der Waals surface area contributed by atoms with Gasteiger partial charge in [-0.05, 0) is 23.1 Å². The van der Waals surface area contributed by atoms with Gasteiger partial charge in [-0.3, -0.25) is 4.98 Å². The summed E-state index contributed by atoms with van der Waals surface area (Å²) in [4.78, 5) is 4.50. The second-order valence-electron chi connectivity index (χ2n) is 5.78. The van der Waals surface area contributed by atoms with Crippen LogP contribution in [-0.4, -0.2) is 30.8 Å². The first-order valence-electron chi connectivity index (χ1n) is 7.54. The molecule has 0 N–H and O–H groups in total. The van der Waals surface area contributed by atoms with Gasteiger partial charge in [0.15, 0.2) is 0 Å². The van der Waals surface area contributed by atoms with Crippen LogP contribution in [0.3, 0.4) is 0 Å². The van der Waals surface area contributed by atoms with Gasteiger partial charge in [0, 0.05) is 36.8 Å². The summed E-state index contributed by atoms with van der Waals surface area (Å²) in [7, 11) is -3.46. The predicted octanol–water partition coefficient (Wildman–Crippen LogP) is 3.02. The summed E-state index contributed by atoms with van der Waals surface area (Å²) in [5.41, 5.74) is 1.09. The topological polar surface area (TPSA) is 50.3 Å². The van der Waals surface area contributed by atoms with Gasteiger partial charge in [0.2, 0.25) is 10.0 Å². The Labute approximate surface area is 135 Å². The van der Waals surface area contributed by atoms with Gasteiger partial charge in [0.25, 0.3) is 0 Å². The molecule has 0 atom stereocenters. The first-order valence-corrected chi connectivity index (χ1v) is 8.98. The Kier molecular flexibility index (Phi) is 3.39. The van der Waals surface area contributed by atoms with Gasteiger partial charge in [-0.25, -0.2) is 8.42 Å². The van der Waals surface area contributed by atoms with Gasteiger partial charge in [-0.2, -0.15) is 4.31 Å². The van der Waals surface area contributed by atoms with Crippen molar-refractivity contribution in [3.05, 3.63) is 72.6 Å². The fourth-order valence-corrected chi connectivity index (χ4v) is 4.77. The first-order chi connectivity index (χ1) is 11.2. The van der Waals surface area contributed by atoms with Gasteiger partial charge < -0.3 is 0 Å². The van der Waals surface area contributed by atoms with Crippen LogP contribution in [0.1, 0.15) is 11.5 Å². The Hall–Kier alpha value is -2.24. The lowest BCUT2D eigenvalue weighted by atomic mass is 9.95.